The molecule has 0 aromatic rings. The van der Waals surface area contributed by atoms with E-state index in [-0.39, 0.29) is 0 Å². The van der Waals surface area contributed by atoms with Crippen LogP contribution < -0.4 is 5.32 Å². The normalized spacial score (nSPS) is 18.7. The Labute approximate surface area is 94.1 Å². The molecule has 2 heteroatoms. The fourth-order valence-corrected chi connectivity index (χ4v) is 2.15. The third kappa shape index (κ3) is 5.33. The van der Waals surface area contributed by atoms with Crippen molar-refractivity contribution in [3.8, 4) is 0 Å². The zero-order chi connectivity index (χ0) is 10.9. The molecule has 1 aliphatic carbocycles. The monoisotopic (exact) mass is 211 g/mol. The minimum Gasteiger partial charge on any atom is -0.380 e. The molecule has 0 radical (unpaired) electrons. The molecular weight excluding hydrogens is 186 g/mol. The summed E-state index contributed by atoms with van der Waals surface area (Å²) in [4.78, 5) is 0. The van der Waals surface area contributed by atoms with Gasteiger partial charge in [-0.1, -0.05) is 18.6 Å². The molecule has 1 rings (SSSR count). The lowest BCUT2D eigenvalue weighted by Crippen LogP contribution is -2.34. The summed E-state index contributed by atoms with van der Waals surface area (Å²) in [6.45, 7) is 6.92. The smallest absolute Gasteiger partial charge is 0.0622 e. The first-order chi connectivity index (χ1) is 7.36. The molecule has 0 heterocycles. The molecule has 0 amide bonds. The first-order valence-electron chi connectivity index (χ1n) is 6.35. The SMILES string of the molecule is CCNC(COCC)CC1=CCCCC1. The molecule has 88 valence electrons. The van der Waals surface area contributed by atoms with Gasteiger partial charge in [-0.3, -0.25) is 0 Å². The predicted octanol–water partition coefficient (Wildman–Crippen LogP) is 2.89. The van der Waals surface area contributed by atoms with E-state index in [4.69, 9.17) is 4.74 Å². The van der Waals surface area contributed by atoms with E-state index < -0.39 is 0 Å². The average Bonchev–Trinajstić information content (AvgIpc) is 2.28. The molecular formula is C13H25NO. The van der Waals surface area contributed by atoms with Gasteiger partial charge in [-0.05, 0) is 45.6 Å². The number of nitrogens with one attached hydrogen (secondary N) is 1. The van der Waals surface area contributed by atoms with Crippen LogP contribution in [-0.2, 0) is 4.74 Å². The van der Waals surface area contributed by atoms with Gasteiger partial charge in [-0.2, -0.15) is 0 Å². The highest BCUT2D eigenvalue weighted by molar-refractivity contribution is 5.07. The van der Waals surface area contributed by atoms with Crippen LogP contribution in [0.1, 0.15) is 46.0 Å². The molecule has 1 N–H and O–H groups in total. The Morgan fingerprint density at radius 1 is 1.40 bits per heavy atom. The second-order valence-corrected chi connectivity index (χ2v) is 4.23. The van der Waals surface area contributed by atoms with Gasteiger partial charge in [0.2, 0.25) is 0 Å². The van der Waals surface area contributed by atoms with E-state index in [2.05, 4.69) is 25.2 Å². The summed E-state index contributed by atoms with van der Waals surface area (Å²) in [5.41, 5.74) is 1.63. The van der Waals surface area contributed by atoms with Crippen LogP contribution in [-0.4, -0.2) is 25.8 Å². The van der Waals surface area contributed by atoms with Crippen molar-refractivity contribution in [1.29, 1.82) is 0 Å². The van der Waals surface area contributed by atoms with Gasteiger partial charge in [0.05, 0.1) is 6.61 Å². The van der Waals surface area contributed by atoms with Crippen molar-refractivity contribution in [3.63, 3.8) is 0 Å². The van der Waals surface area contributed by atoms with Crippen molar-refractivity contribution in [2.45, 2.75) is 52.0 Å². The standard InChI is InChI=1S/C13H25NO/c1-3-14-13(11-15-4-2)10-12-8-6-5-7-9-12/h8,13-14H,3-7,9-11H2,1-2H3. The van der Waals surface area contributed by atoms with E-state index in [1.807, 2.05) is 0 Å². The largest absolute Gasteiger partial charge is 0.380 e. The number of hydrogen-bond donors (Lipinski definition) is 1. The second kappa shape index (κ2) is 7.89. The maximum atomic E-state index is 5.50. The number of ether oxygens (including phenoxy) is 1. The summed E-state index contributed by atoms with van der Waals surface area (Å²) < 4.78 is 5.50. The first-order valence-corrected chi connectivity index (χ1v) is 6.35. The molecule has 2 nitrogen and oxygen atoms in total. The average molecular weight is 211 g/mol. The summed E-state index contributed by atoms with van der Waals surface area (Å²) in [5, 5.41) is 3.50. The molecule has 0 spiro atoms. The Morgan fingerprint density at radius 2 is 2.27 bits per heavy atom. The Morgan fingerprint density at radius 3 is 2.87 bits per heavy atom. The maximum Gasteiger partial charge on any atom is 0.0622 e. The Bertz CT molecular complexity index is 189. The van der Waals surface area contributed by atoms with Crippen molar-refractivity contribution in [2.75, 3.05) is 19.8 Å². The minimum atomic E-state index is 0.513. The zero-order valence-corrected chi connectivity index (χ0v) is 10.2. The second-order valence-electron chi connectivity index (χ2n) is 4.23. The molecule has 0 saturated heterocycles. The lowest BCUT2D eigenvalue weighted by Gasteiger charge is -2.21. The van der Waals surface area contributed by atoms with E-state index in [9.17, 15) is 0 Å². The van der Waals surface area contributed by atoms with Crippen LogP contribution in [0.3, 0.4) is 0 Å². The predicted molar refractivity (Wildman–Crippen MR) is 65.1 cm³/mol. The van der Waals surface area contributed by atoms with Crippen LogP contribution in [0.25, 0.3) is 0 Å². The van der Waals surface area contributed by atoms with E-state index in [0.717, 1.165) is 19.8 Å². The van der Waals surface area contributed by atoms with E-state index in [1.54, 1.807) is 5.57 Å². The van der Waals surface area contributed by atoms with Crippen molar-refractivity contribution < 1.29 is 4.74 Å². The van der Waals surface area contributed by atoms with E-state index in [0.29, 0.717) is 6.04 Å². The number of hydrogen-bond acceptors (Lipinski definition) is 2. The van der Waals surface area contributed by atoms with Crippen LogP contribution in [0.5, 0.6) is 0 Å². The summed E-state index contributed by atoms with van der Waals surface area (Å²) in [6, 6.07) is 0.513. The van der Waals surface area contributed by atoms with Crippen molar-refractivity contribution in [3.05, 3.63) is 11.6 Å². The maximum absolute atomic E-state index is 5.50. The molecule has 0 aromatic heterocycles. The van der Waals surface area contributed by atoms with Gasteiger partial charge >= 0.3 is 0 Å². The van der Waals surface area contributed by atoms with Crippen LogP contribution in [0.4, 0.5) is 0 Å². The van der Waals surface area contributed by atoms with Gasteiger partial charge in [-0.25, -0.2) is 0 Å². The summed E-state index contributed by atoms with van der Waals surface area (Å²) in [7, 11) is 0. The molecule has 15 heavy (non-hydrogen) atoms. The van der Waals surface area contributed by atoms with Crippen LogP contribution in [0, 0.1) is 0 Å². The van der Waals surface area contributed by atoms with Gasteiger partial charge in [0.1, 0.15) is 0 Å². The molecule has 1 aliphatic rings. The van der Waals surface area contributed by atoms with Crippen molar-refractivity contribution in [1.82, 2.24) is 5.32 Å². The summed E-state index contributed by atoms with van der Waals surface area (Å²) in [6.07, 6.45) is 8.94. The third-order valence-electron chi connectivity index (χ3n) is 2.91. The lowest BCUT2D eigenvalue weighted by atomic mass is 9.94. The van der Waals surface area contributed by atoms with Crippen LogP contribution in [0.15, 0.2) is 11.6 Å². The lowest BCUT2D eigenvalue weighted by molar-refractivity contribution is 0.123. The van der Waals surface area contributed by atoms with Crippen LogP contribution >= 0.6 is 0 Å². The number of likely N-dealkylation sites (N-methyl/N-ethyl adjacent to an activating group) is 1. The summed E-state index contributed by atoms with van der Waals surface area (Å²) in [5.74, 6) is 0. The highest BCUT2D eigenvalue weighted by Gasteiger charge is 2.11. The Balaban J connectivity index is 2.31. The highest BCUT2D eigenvalue weighted by Crippen LogP contribution is 2.21. The Hall–Kier alpha value is -0.340. The highest BCUT2D eigenvalue weighted by atomic mass is 16.5. The van der Waals surface area contributed by atoms with Crippen molar-refractivity contribution >= 4 is 0 Å². The summed E-state index contributed by atoms with van der Waals surface area (Å²) >= 11 is 0. The molecule has 0 aliphatic heterocycles. The third-order valence-corrected chi connectivity index (χ3v) is 2.91. The quantitative estimate of drug-likeness (QED) is 0.654. The van der Waals surface area contributed by atoms with Crippen LogP contribution in [0.2, 0.25) is 0 Å². The Kier molecular flexibility index (Phi) is 6.69. The fraction of sp³-hybridized carbons (Fsp3) is 0.846. The number of allylic oxidation sites excluding steroid dienone is 1. The molecule has 1 unspecified atom stereocenters. The van der Waals surface area contributed by atoms with Gasteiger partial charge in [0.25, 0.3) is 0 Å². The van der Waals surface area contributed by atoms with Gasteiger partial charge in [-0.15, -0.1) is 0 Å². The molecule has 0 aromatic carbocycles. The van der Waals surface area contributed by atoms with E-state index >= 15 is 0 Å². The first kappa shape index (κ1) is 12.7. The molecule has 0 saturated carbocycles. The fourth-order valence-electron chi connectivity index (χ4n) is 2.15. The van der Waals surface area contributed by atoms with Gasteiger partial charge in [0.15, 0.2) is 0 Å². The number of rotatable bonds is 7. The molecule has 0 fully saturated rings. The van der Waals surface area contributed by atoms with Crippen molar-refractivity contribution in [2.24, 2.45) is 0 Å². The zero-order valence-electron chi connectivity index (χ0n) is 10.2. The minimum absolute atomic E-state index is 0.513. The van der Waals surface area contributed by atoms with Gasteiger partial charge < -0.3 is 10.1 Å². The topological polar surface area (TPSA) is 21.3 Å². The molecule has 1 atom stereocenters. The van der Waals surface area contributed by atoms with Gasteiger partial charge in [0, 0.05) is 12.6 Å². The molecule has 0 bridgehead atoms. The van der Waals surface area contributed by atoms with E-state index in [1.165, 1.54) is 32.1 Å².